The van der Waals surface area contributed by atoms with Crippen LogP contribution in [0.4, 0.5) is 0 Å². The van der Waals surface area contributed by atoms with E-state index in [0.29, 0.717) is 5.41 Å². The third kappa shape index (κ3) is 4.05. The Labute approximate surface area is 91.8 Å². The van der Waals surface area contributed by atoms with Crippen molar-refractivity contribution in [1.82, 2.24) is 0 Å². The van der Waals surface area contributed by atoms with E-state index in [9.17, 15) is 0 Å². The van der Waals surface area contributed by atoms with E-state index < -0.39 is 0 Å². The van der Waals surface area contributed by atoms with E-state index in [4.69, 9.17) is 5.73 Å². The van der Waals surface area contributed by atoms with Gasteiger partial charge in [0.15, 0.2) is 0 Å². The normalized spacial score (nSPS) is 21.8. The molecule has 1 nitrogen and oxygen atoms in total. The second-order valence-corrected chi connectivity index (χ2v) is 3.58. The topological polar surface area (TPSA) is 23.8 Å². The van der Waals surface area contributed by atoms with Crippen molar-refractivity contribution in [3.05, 3.63) is 5.73 Å². The molecule has 0 aromatic heterocycles. The van der Waals surface area contributed by atoms with Crippen molar-refractivity contribution >= 4 is 0 Å². The standard InChI is InChI=1S/C8H16N.C2H6.W/c1-7(9)8(2)5-3-4-6-8;1-2;/h7,9H,3-6H2,1-2H3;1-2H3;/q-1;;. The number of hydrogen-bond donors (Lipinski definition) is 0. The third-order valence-electron chi connectivity index (χ3n) is 2.79. The average Bonchev–Trinajstić information content (AvgIpc) is 2.42. The van der Waals surface area contributed by atoms with Gasteiger partial charge in [0.2, 0.25) is 0 Å². The molecule has 1 unspecified atom stereocenters. The average molecular weight is 340 g/mol. The molecule has 0 aliphatic heterocycles. The quantitative estimate of drug-likeness (QED) is 0.688. The van der Waals surface area contributed by atoms with Gasteiger partial charge in [0.25, 0.3) is 0 Å². The molecule has 0 bridgehead atoms. The van der Waals surface area contributed by atoms with Crippen molar-refractivity contribution in [2.75, 3.05) is 0 Å². The van der Waals surface area contributed by atoms with E-state index >= 15 is 0 Å². The fourth-order valence-electron chi connectivity index (χ4n) is 1.62. The minimum absolute atomic E-state index is 0. The van der Waals surface area contributed by atoms with E-state index in [-0.39, 0.29) is 27.1 Å². The monoisotopic (exact) mass is 340 g/mol. The molecule has 0 amide bonds. The molecule has 1 saturated carbocycles. The Kier molecular flexibility index (Phi) is 8.94. The molecule has 0 aromatic carbocycles. The van der Waals surface area contributed by atoms with Crippen LogP contribution in [0.25, 0.3) is 5.73 Å². The summed E-state index contributed by atoms with van der Waals surface area (Å²) in [6.45, 7) is 8.27. The number of hydrogen-bond acceptors (Lipinski definition) is 0. The van der Waals surface area contributed by atoms with Gasteiger partial charge < -0.3 is 5.73 Å². The van der Waals surface area contributed by atoms with Crippen LogP contribution in [0.15, 0.2) is 0 Å². The van der Waals surface area contributed by atoms with Gasteiger partial charge in [0.05, 0.1) is 0 Å². The second-order valence-electron chi connectivity index (χ2n) is 3.58. The fourth-order valence-corrected chi connectivity index (χ4v) is 1.62. The van der Waals surface area contributed by atoms with Gasteiger partial charge in [0.1, 0.15) is 0 Å². The minimum atomic E-state index is 0. The first kappa shape index (κ1) is 15.1. The smallest absolute Gasteiger partial charge is 0 e. The summed E-state index contributed by atoms with van der Waals surface area (Å²) in [6, 6.07) is 0.139. The summed E-state index contributed by atoms with van der Waals surface area (Å²) in [5.74, 6) is 0. The summed E-state index contributed by atoms with van der Waals surface area (Å²) in [4.78, 5) is 0. The van der Waals surface area contributed by atoms with Gasteiger partial charge in [-0.1, -0.05) is 40.5 Å². The molecule has 1 aliphatic carbocycles. The molecule has 0 spiro atoms. The summed E-state index contributed by atoms with van der Waals surface area (Å²) < 4.78 is 0. The summed E-state index contributed by atoms with van der Waals surface area (Å²) in [6.07, 6.45) is 5.24. The molecule has 1 rings (SSSR count). The largest absolute Gasteiger partial charge is 0.674 e. The zero-order valence-electron chi connectivity index (χ0n) is 8.81. The Morgan fingerprint density at radius 3 is 1.67 bits per heavy atom. The molecule has 0 saturated heterocycles. The van der Waals surface area contributed by atoms with Crippen molar-refractivity contribution < 1.29 is 21.1 Å². The van der Waals surface area contributed by atoms with E-state index in [1.54, 1.807) is 0 Å². The van der Waals surface area contributed by atoms with Gasteiger partial charge in [-0.15, -0.1) is 6.04 Å². The number of rotatable bonds is 1. The van der Waals surface area contributed by atoms with E-state index in [0.717, 1.165) is 0 Å². The van der Waals surface area contributed by atoms with Crippen LogP contribution in [0.2, 0.25) is 0 Å². The van der Waals surface area contributed by atoms with Gasteiger partial charge in [0, 0.05) is 21.1 Å². The molecule has 74 valence electrons. The van der Waals surface area contributed by atoms with Crippen LogP contribution >= 0.6 is 0 Å². The maximum atomic E-state index is 7.57. The van der Waals surface area contributed by atoms with Crippen molar-refractivity contribution in [1.29, 1.82) is 0 Å². The van der Waals surface area contributed by atoms with Crippen molar-refractivity contribution in [3.63, 3.8) is 0 Å². The van der Waals surface area contributed by atoms with Crippen LogP contribution < -0.4 is 0 Å². The first-order valence-corrected chi connectivity index (χ1v) is 4.86. The first-order valence-electron chi connectivity index (χ1n) is 4.86. The number of nitrogens with one attached hydrogen (secondary N) is 1. The zero-order valence-corrected chi connectivity index (χ0v) is 11.7. The first-order chi connectivity index (χ1) is 5.15. The molecular formula is C10H22NW-. The van der Waals surface area contributed by atoms with Crippen molar-refractivity contribution in [2.45, 2.75) is 59.4 Å². The molecule has 0 aromatic rings. The fraction of sp³-hybridized carbons (Fsp3) is 1.00. The molecule has 0 radical (unpaired) electrons. The molecule has 1 aliphatic rings. The van der Waals surface area contributed by atoms with Gasteiger partial charge in [-0.25, -0.2) is 0 Å². The maximum Gasteiger partial charge on any atom is 0 e. The minimum Gasteiger partial charge on any atom is -0.674 e. The maximum absolute atomic E-state index is 7.57. The Bertz CT molecular complexity index is 96.0. The Morgan fingerprint density at radius 1 is 1.17 bits per heavy atom. The molecule has 12 heavy (non-hydrogen) atoms. The third-order valence-corrected chi connectivity index (χ3v) is 2.79. The molecular weight excluding hydrogens is 318 g/mol. The second kappa shape index (κ2) is 7.09. The van der Waals surface area contributed by atoms with Crippen LogP contribution in [0.3, 0.4) is 0 Å². The van der Waals surface area contributed by atoms with Crippen molar-refractivity contribution in [2.24, 2.45) is 5.41 Å². The van der Waals surface area contributed by atoms with E-state index in [2.05, 4.69) is 6.92 Å². The summed E-state index contributed by atoms with van der Waals surface area (Å²) in [5.41, 5.74) is 7.93. The summed E-state index contributed by atoms with van der Waals surface area (Å²) in [5, 5.41) is 0. The SMILES string of the molecule is CC.CC([NH-])C1(C)CCCC1.[W]. The van der Waals surface area contributed by atoms with Gasteiger partial charge in [-0.05, 0) is 18.3 Å². The molecule has 0 heterocycles. The van der Waals surface area contributed by atoms with Crippen LogP contribution in [0, 0.1) is 5.41 Å². The van der Waals surface area contributed by atoms with Gasteiger partial charge >= 0.3 is 0 Å². The van der Waals surface area contributed by atoms with Crippen LogP contribution in [-0.2, 0) is 21.1 Å². The van der Waals surface area contributed by atoms with Crippen LogP contribution in [0.1, 0.15) is 53.4 Å². The summed E-state index contributed by atoms with van der Waals surface area (Å²) >= 11 is 0. The van der Waals surface area contributed by atoms with Gasteiger partial charge in [-0.2, -0.15) is 0 Å². The summed E-state index contributed by atoms with van der Waals surface area (Å²) in [7, 11) is 0. The van der Waals surface area contributed by atoms with Crippen LogP contribution in [0.5, 0.6) is 0 Å². The van der Waals surface area contributed by atoms with Gasteiger partial charge in [-0.3, -0.25) is 0 Å². The Hall–Kier alpha value is 0.648. The van der Waals surface area contributed by atoms with E-state index in [1.807, 2.05) is 20.8 Å². The molecule has 1 atom stereocenters. The molecule has 2 heteroatoms. The molecule has 1 N–H and O–H groups in total. The van der Waals surface area contributed by atoms with Crippen molar-refractivity contribution in [3.8, 4) is 0 Å². The predicted molar refractivity (Wildman–Crippen MR) is 51.7 cm³/mol. The predicted octanol–water partition coefficient (Wildman–Crippen LogP) is 4.03. The Morgan fingerprint density at radius 2 is 1.50 bits per heavy atom. The van der Waals surface area contributed by atoms with E-state index in [1.165, 1.54) is 25.7 Å². The Balaban J connectivity index is 0. The van der Waals surface area contributed by atoms with Crippen LogP contribution in [-0.4, -0.2) is 6.04 Å². The molecule has 1 fully saturated rings. The zero-order chi connectivity index (χ0) is 8.91.